The van der Waals surface area contributed by atoms with Gasteiger partial charge in [-0.1, -0.05) is 0 Å². The highest BCUT2D eigenvalue weighted by Crippen LogP contribution is 1.79. The molecule has 0 bridgehead atoms. The molecule has 0 aliphatic rings. The fraction of sp³-hybridized carbons (Fsp3) is 0.250. The average Bonchev–Trinajstić information content (AvgIpc) is 1.86. The van der Waals surface area contributed by atoms with Crippen LogP contribution in [0.4, 0.5) is 0 Å². The summed E-state index contributed by atoms with van der Waals surface area (Å²) in [5.74, 6) is 0.843. The van der Waals surface area contributed by atoms with Crippen LogP contribution < -0.4 is 29.0 Å². The van der Waals surface area contributed by atoms with E-state index in [-0.39, 0.29) is 24.0 Å². The summed E-state index contributed by atoms with van der Waals surface area (Å²) in [6.07, 6.45) is 3.35. The Kier molecular flexibility index (Phi) is 2.98. The Morgan fingerprint density at radius 3 is 2.57 bits per heavy atom. The molecule has 1 N–H and O–H groups in total. The molecule has 7 heavy (non-hydrogen) atoms. The molecule has 0 fully saturated rings. The Morgan fingerprint density at radius 1 is 1.71 bits per heavy atom. The van der Waals surface area contributed by atoms with Gasteiger partial charge in [0.05, 0.1) is 6.92 Å². The van der Waals surface area contributed by atoms with Gasteiger partial charge in [-0.2, -0.15) is 4.98 Å². The van der Waals surface area contributed by atoms with Gasteiger partial charge in [0.15, 0.2) is 6.26 Å². The molecule has 0 aromatic carbocycles. The Labute approximate surface area is 59.0 Å². The van der Waals surface area contributed by atoms with Gasteiger partial charge in [-0.25, -0.2) is 0 Å². The molecule has 1 aromatic heterocycles. The van der Waals surface area contributed by atoms with E-state index in [1.54, 1.807) is 12.5 Å². The van der Waals surface area contributed by atoms with Crippen molar-refractivity contribution in [3.8, 4) is 0 Å². The summed E-state index contributed by atoms with van der Waals surface area (Å²) >= 11 is 0. The van der Waals surface area contributed by atoms with Crippen LogP contribution in [0.2, 0.25) is 0 Å². The van der Waals surface area contributed by atoms with E-state index >= 15 is 0 Å². The minimum atomic E-state index is 0. The second-order valence-electron chi connectivity index (χ2n) is 1.12. The lowest BCUT2D eigenvalue weighted by Gasteiger charge is -1.59. The summed E-state index contributed by atoms with van der Waals surface area (Å²) in [6, 6.07) is 0. The quantitative estimate of drug-likeness (QED) is 0.432. The molecule has 1 aromatic rings. The molecule has 2 nitrogen and oxygen atoms in total. The van der Waals surface area contributed by atoms with Crippen molar-refractivity contribution in [3.05, 3.63) is 18.4 Å². The van der Waals surface area contributed by atoms with E-state index in [1.807, 2.05) is 6.92 Å². The fourth-order valence-electron chi connectivity index (χ4n) is 0.321. The molecular formula is C4H6INO. The third kappa shape index (κ3) is 1.91. The first-order valence-electron chi connectivity index (χ1n) is 1.81. The molecule has 0 saturated carbocycles. The highest BCUT2D eigenvalue weighted by Gasteiger charge is 1.87. The van der Waals surface area contributed by atoms with Crippen LogP contribution in [-0.2, 0) is 0 Å². The second-order valence-corrected chi connectivity index (χ2v) is 1.12. The molecule has 0 unspecified atom stereocenters. The minimum absolute atomic E-state index is 0. The molecule has 0 amide bonds. The number of hydrogen-bond donors (Lipinski definition) is 0. The van der Waals surface area contributed by atoms with Crippen LogP contribution in [0, 0.1) is 6.92 Å². The van der Waals surface area contributed by atoms with Crippen LogP contribution in [-0.4, -0.2) is 0 Å². The van der Waals surface area contributed by atoms with Gasteiger partial charge in [0, 0.05) is 0 Å². The van der Waals surface area contributed by atoms with Crippen LogP contribution >= 0.6 is 0 Å². The van der Waals surface area contributed by atoms with Crippen molar-refractivity contribution in [2.45, 2.75) is 6.92 Å². The van der Waals surface area contributed by atoms with E-state index in [9.17, 15) is 0 Å². The smallest absolute Gasteiger partial charge is 0.341 e. The van der Waals surface area contributed by atoms with Crippen LogP contribution in [0.5, 0.6) is 0 Å². The number of H-pyrrole nitrogens is 1. The van der Waals surface area contributed by atoms with Gasteiger partial charge in [0.2, 0.25) is 6.20 Å². The van der Waals surface area contributed by atoms with Crippen LogP contribution in [0.15, 0.2) is 16.9 Å². The molecule has 0 saturated heterocycles. The average molecular weight is 211 g/mol. The highest BCUT2D eigenvalue weighted by molar-refractivity contribution is 4.57. The van der Waals surface area contributed by atoms with Gasteiger partial charge >= 0.3 is 5.89 Å². The van der Waals surface area contributed by atoms with Crippen LogP contribution in [0.1, 0.15) is 5.89 Å². The second kappa shape index (κ2) is 3.01. The monoisotopic (exact) mass is 211 g/mol. The Hall–Kier alpha value is -0.0600. The summed E-state index contributed by atoms with van der Waals surface area (Å²) < 4.78 is 4.78. The fourth-order valence-corrected chi connectivity index (χ4v) is 0.321. The zero-order valence-corrected chi connectivity index (χ0v) is 6.10. The molecule has 0 aliphatic carbocycles. The van der Waals surface area contributed by atoms with E-state index in [2.05, 4.69) is 4.98 Å². The lowest BCUT2D eigenvalue weighted by Crippen LogP contribution is -3.00. The van der Waals surface area contributed by atoms with Gasteiger partial charge < -0.3 is 28.4 Å². The zero-order chi connectivity index (χ0) is 4.41. The van der Waals surface area contributed by atoms with Crippen molar-refractivity contribution in [1.82, 2.24) is 0 Å². The molecule has 1 heterocycles. The number of hydrogen-bond acceptors (Lipinski definition) is 1. The minimum Gasteiger partial charge on any atom is -1.00 e. The summed E-state index contributed by atoms with van der Waals surface area (Å²) in [7, 11) is 0. The van der Waals surface area contributed by atoms with Gasteiger partial charge in [0.1, 0.15) is 0 Å². The lowest BCUT2D eigenvalue weighted by molar-refractivity contribution is -0.394. The summed E-state index contributed by atoms with van der Waals surface area (Å²) in [6.45, 7) is 1.86. The summed E-state index contributed by atoms with van der Waals surface area (Å²) in [4.78, 5) is 2.83. The molecule has 0 atom stereocenters. The van der Waals surface area contributed by atoms with Gasteiger partial charge in [-0.15, -0.1) is 0 Å². The first kappa shape index (κ1) is 6.94. The summed E-state index contributed by atoms with van der Waals surface area (Å²) in [5.41, 5.74) is 0. The number of aryl methyl sites for hydroxylation is 1. The molecule has 3 heteroatoms. The van der Waals surface area contributed by atoms with Crippen molar-refractivity contribution >= 4 is 0 Å². The Bertz CT molecular complexity index is 115. The van der Waals surface area contributed by atoms with E-state index in [4.69, 9.17) is 4.42 Å². The number of oxazole rings is 1. The number of nitrogens with one attached hydrogen (secondary N) is 1. The topological polar surface area (TPSA) is 27.3 Å². The van der Waals surface area contributed by atoms with Crippen molar-refractivity contribution in [3.63, 3.8) is 0 Å². The first-order valence-corrected chi connectivity index (χ1v) is 1.81. The van der Waals surface area contributed by atoms with E-state index in [1.165, 1.54) is 0 Å². The SMILES string of the molecule is Cc1[nH+]cco1.[I-]. The largest absolute Gasteiger partial charge is 1.00 e. The molecule has 40 valence electrons. The van der Waals surface area contributed by atoms with E-state index in [0.717, 1.165) is 5.89 Å². The maximum Gasteiger partial charge on any atom is 0.341 e. The third-order valence-electron chi connectivity index (χ3n) is 0.599. The number of aromatic nitrogens is 1. The van der Waals surface area contributed by atoms with Crippen molar-refractivity contribution in [2.24, 2.45) is 0 Å². The number of halogens is 1. The van der Waals surface area contributed by atoms with Crippen molar-refractivity contribution in [1.29, 1.82) is 0 Å². The molecule has 0 radical (unpaired) electrons. The number of rotatable bonds is 0. The van der Waals surface area contributed by atoms with Gasteiger partial charge in [-0.05, 0) is 0 Å². The molecule has 0 spiro atoms. The van der Waals surface area contributed by atoms with Crippen LogP contribution in [0.25, 0.3) is 0 Å². The van der Waals surface area contributed by atoms with Gasteiger partial charge in [0.25, 0.3) is 0 Å². The van der Waals surface area contributed by atoms with E-state index < -0.39 is 0 Å². The standard InChI is InChI=1S/C4H5NO.HI/c1-4-5-2-3-6-4;/h2-3H,1H3;1H. The Balaban J connectivity index is 0.000000360. The predicted octanol–water partition coefficient (Wildman–Crippen LogP) is -2.59. The summed E-state index contributed by atoms with van der Waals surface area (Å²) in [5, 5.41) is 0. The van der Waals surface area contributed by atoms with Crippen molar-refractivity contribution in [2.75, 3.05) is 0 Å². The third-order valence-corrected chi connectivity index (χ3v) is 0.599. The molecule has 1 rings (SSSR count). The van der Waals surface area contributed by atoms with E-state index in [0.29, 0.717) is 0 Å². The first-order chi connectivity index (χ1) is 2.89. The van der Waals surface area contributed by atoms with Gasteiger partial charge in [-0.3, -0.25) is 0 Å². The number of aromatic amines is 1. The molecular weight excluding hydrogens is 205 g/mol. The maximum absolute atomic E-state index is 4.78. The predicted molar refractivity (Wildman–Crippen MR) is 20.0 cm³/mol. The van der Waals surface area contributed by atoms with Crippen molar-refractivity contribution < 1.29 is 33.4 Å². The zero-order valence-electron chi connectivity index (χ0n) is 3.94. The maximum atomic E-state index is 4.78. The Morgan fingerprint density at radius 2 is 2.43 bits per heavy atom. The molecule has 0 aliphatic heterocycles. The normalized spacial score (nSPS) is 7.57. The lowest BCUT2D eigenvalue weighted by atomic mass is 10.8. The van der Waals surface area contributed by atoms with Crippen LogP contribution in [0.3, 0.4) is 0 Å². The highest BCUT2D eigenvalue weighted by atomic mass is 127.